The number of para-hydroxylation sites is 1. The summed E-state index contributed by atoms with van der Waals surface area (Å²) in [4.78, 5) is 0. The van der Waals surface area contributed by atoms with Gasteiger partial charge in [0, 0.05) is 17.5 Å². The summed E-state index contributed by atoms with van der Waals surface area (Å²) in [5.41, 5.74) is 1.94. The average Bonchev–Trinajstić information content (AvgIpc) is 2.78. The zero-order valence-electron chi connectivity index (χ0n) is 12.0. The monoisotopic (exact) mass is 311 g/mol. The molecule has 1 heterocycles. The molecule has 0 aliphatic carbocycles. The van der Waals surface area contributed by atoms with Crippen LogP contribution < -0.4 is 5.32 Å². The molecular weight excluding hydrogens is 290 g/mol. The van der Waals surface area contributed by atoms with Crippen LogP contribution in [0, 0.1) is 0 Å². The molecular formula is C16H22ClNOS. The van der Waals surface area contributed by atoms with Crippen LogP contribution in [-0.2, 0) is 6.54 Å². The Morgan fingerprint density at radius 2 is 1.95 bits per heavy atom. The number of halogens is 1. The Hall–Kier alpha value is -0.640. The standard InChI is InChI=1S/C16H22ClNOS/c1-20-11-7-3-2-6-10-18-12-14-13-8-4-5-9-15(13)19-16(14)17/h4-5,8-9,18H,2-3,6-7,10-12H2,1H3. The lowest BCUT2D eigenvalue weighted by molar-refractivity contribution is 0.585. The summed E-state index contributed by atoms with van der Waals surface area (Å²) in [5.74, 6) is 1.28. The van der Waals surface area contributed by atoms with Crippen LogP contribution in [0.3, 0.4) is 0 Å². The number of nitrogens with one attached hydrogen (secondary N) is 1. The van der Waals surface area contributed by atoms with Gasteiger partial charge in [0.05, 0.1) is 0 Å². The lowest BCUT2D eigenvalue weighted by Crippen LogP contribution is -2.14. The van der Waals surface area contributed by atoms with Crippen LogP contribution in [-0.4, -0.2) is 18.6 Å². The smallest absolute Gasteiger partial charge is 0.199 e. The first-order valence-electron chi connectivity index (χ1n) is 7.18. The molecule has 1 aromatic carbocycles. The summed E-state index contributed by atoms with van der Waals surface area (Å²) in [6.07, 6.45) is 7.35. The van der Waals surface area contributed by atoms with E-state index in [9.17, 15) is 0 Å². The fraction of sp³-hybridized carbons (Fsp3) is 0.500. The second kappa shape index (κ2) is 8.60. The van der Waals surface area contributed by atoms with Crippen molar-refractivity contribution in [3.63, 3.8) is 0 Å². The summed E-state index contributed by atoms with van der Waals surface area (Å²) < 4.78 is 5.54. The molecule has 0 atom stereocenters. The highest BCUT2D eigenvalue weighted by molar-refractivity contribution is 7.98. The summed E-state index contributed by atoms with van der Waals surface area (Å²) in [5, 5.41) is 5.09. The van der Waals surface area contributed by atoms with Crippen molar-refractivity contribution in [1.29, 1.82) is 0 Å². The lowest BCUT2D eigenvalue weighted by Gasteiger charge is -2.04. The zero-order chi connectivity index (χ0) is 14.2. The Morgan fingerprint density at radius 3 is 2.80 bits per heavy atom. The van der Waals surface area contributed by atoms with Crippen LogP contribution >= 0.6 is 23.4 Å². The molecule has 0 fully saturated rings. The first-order valence-corrected chi connectivity index (χ1v) is 8.95. The van der Waals surface area contributed by atoms with Crippen LogP contribution in [0.2, 0.25) is 5.22 Å². The molecule has 2 aromatic rings. The summed E-state index contributed by atoms with van der Waals surface area (Å²) in [6, 6.07) is 8.00. The number of thioether (sulfide) groups is 1. The van der Waals surface area contributed by atoms with Crippen molar-refractivity contribution in [2.45, 2.75) is 32.2 Å². The molecule has 0 unspecified atom stereocenters. The van der Waals surface area contributed by atoms with E-state index in [0.29, 0.717) is 5.22 Å². The van der Waals surface area contributed by atoms with Crippen LogP contribution in [0.1, 0.15) is 31.2 Å². The fourth-order valence-corrected chi connectivity index (χ4v) is 3.04. The molecule has 0 amide bonds. The molecule has 0 aliphatic rings. The second-order valence-corrected chi connectivity index (χ2v) is 6.26. The second-order valence-electron chi connectivity index (χ2n) is 4.93. The Labute approximate surface area is 130 Å². The van der Waals surface area contributed by atoms with Gasteiger partial charge in [-0.3, -0.25) is 0 Å². The largest absolute Gasteiger partial charge is 0.444 e. The van der Waals surface area contributed by atoms with Gasteiger partial charge in [0.15, 0.2) is 5.22 Å². The minimum atomic E-state index is 0.513. The van der Waals surface area contributed by atoms with Crippen LogP contribution in [0.5, 0.6) is 0 Å². The molecule has 2 nitrogen and oxygen atoms in total. The van der Waals surface area contributed by atoms with E-state index in [2.05, 4.69) is 17.6 Å². The molecule has 1 aromatic heterocycles. The van der Waals surface area contributed by atoms with Gasteiger partial charge in [0.25, 0.3) is 0 Å². The van der Waals surface area contributed by atoms with Crippen molar-refractivity contribution in [3.8, 4) is 0 Å². The number of rotatable bonds is 9. The number of hydrogen-bond donors (Lipinski definition) is 1. The highest BCUT2D eigenvalue weighted by atomic mass is 35.5. The van der Waals surface area contributed by atoms with Gasteiger partial charge in [0.2, 0.25) is 0 Å². The van der Waals surface area contributed by atoms with Crippen LogP contribution in [0.25, 0.3) is 11.0 Å². The summed E-state index contributed by atoms with van der Waals surface area (Å²) in [7, 11) is 0. The molecule has 0 saturated heterocycles. The third-order valence-electron chi connectivity index (χ3n) is 3.40. The summed E-state index contributed by atoms with van der Waals surface area (Å²) >= 11 is 8.09. The predicted octanol–water partition coefficient (Wildman–Crippen LogP) is 5.10. The van der Waals surface area contributed by atoms with Gasteiger partial charge >= 0.3 is 0 Å². The third kappa shape index (κ3) is 4.44. The van der Waals surface area contributed by atoms with Gasteiger partial charge in [-0.15, -0.1) is 0 Å². The van der Waals surface area contributed by atoms with E-state index >= 15 is 0 Å². The van der Waals surface area contributed by atoms with E-state index in [1.807, 2.05) is 30.0 Å². The van der Waals surface area contributed by atoms with Crippen molar-refractivity contribution in [3.05, 3.63) is 35.0 Å². The molecule has 0 bridgehead atoms. The number of unbranched alkanes of at least 4 members (excludes halogenated alkanes) is 3. The van der Waals surface area contributed by atoms with E-state index in [1.165, 1.54) is 31.4 Å². The maximum absolute atomic E-state index is 6.16. The molecule has 4 heteroatoms. The topological polar surface area (TPSA) is 25.2 Å². The predicted molar refractivity (Wildman–Crippen MR) is 89.8 cm³/mol. The Bertz CT molecular complexity index is 526. The van der Waals surface area contributed by atoms with E-state index < -0.39 is 0 Å². The molecule has 110 valence electrons. The third-order valence-corrected chi connectivity index (χ3v) is 4.40. The number of hydrogen-bond acceptors (Lipinski definition) is 3. The van der Waals surface area contributed by atoms with Crippen LogP contribution in [0.15, 0.2) is 28.7 Å². The van der Waals surface area contributed by atoms with Gasteiger partial charge in [-0.25, -0.2) is 0 Å². The van der Waals surface area contributed by atoms with E-state index in [0.717, 1.165) is 29.6 Å². The van der Waals surface area contributed by atoms with Crippen molar-refractivity contribution in [1.82, 2.24) is 5.32 Å². The van der Waals surface area contributed by atoms with Crippen molar-refractivity contribution in [2.24, 2.45) is 0 Å². The molecule has 0 radical (unpaired) electrons. The molecule has 1 N–H and O–H groups in total. The van der Waals surface area contributed by atoms with Gasteiger partial charge < -0.3 is 9.73 Å². The Kier molecular flexibility index (Phi) is 6.77. The molecule has 0 saturated carbocycles. The Balaban J connectivity index is 1.72. The first kappa shape index (κ1) is 15.7. The van der Waals surface area contributed by atoms with E-state index in [1.54, 1.807) is 0 Å². The van der Waals surface area contributed by atoms with Crippen molar-refractivity contribution in [2.75, 3.05) is 18.6 Å². The average molecular weight is 312 g/mol. The number of fused-ring (bicyclic) bond motifs is 1. The summed E-state index contributed by atoms with van der Waals surface area (Å²) in [6.45, 7) is 1.82. The minimum absolute atomic E-state index is 0.513. The lowest BCUT2D eigenvalue weighted by atomic mass is 10.1. The molecule has 20 heavy (non-hydrogen) atoms. The number of benzene rings is 1. The first-order chi connectivity index (χ1) is 9.83. The van der Waals surface area contributed by atoms with Crippen LogP contribution in [0.4, 0.5) is 0 Å². The Morgan fingerprint density at radius 1 is 1.15 bits per heavy atom. The molecule has 0 spiro atoms. The molecule has 2 rings (SSSR count). The zero-order valence-corrected chi connectivity index (χ0v) is 13.5. The highest BCUT2D eigenvalue weighted by Crippen LogP contribution is 2.29. The fourth-order valence-electron chi connectivity index (χ4n) is 2.30. The normalized spacial score (nSPS) is 11.3. The quantitative estimate of drug-likeness (QED) is 0.652. The molecule has 0 aliphatic heterocycles. The maximum Gasteiger partial charge on any atom is 0.199 e. The van der Waals surface area contributed by atoms with Gasteiger partial charge in [-0.1, -0.05) is 31.0 Å². The van der Waals surface area contributed by atoms with Gasteiger partial charge in [-0.2, -0.15) is 11.8 Å². The van der Waals surface area contributed by atoms with Gasteiger partial charge in [-0.05, 0) is 49.1 Å². The SMILES string of the molecule is CSCCCCCCNCc1c(Cl)oc2ccccc12. The minimum Gasteiger partial charge on any atom is -0.444 e. The van der Waals surface area contributed by atoms with E-state index in [-0.39, 0.29) is 0 Å². The maximum atomic E-state index is 6.16. The van der Waals surface area contributed by atoms with Crippen molar-refractivity contribution < 1.29 is 4.42 Å². The number of furan rings is 1. The highest BCUT2D eigenvalue weighted by Gasteiger charge is 2.10. The van der Waals surface area contributed by atoms with E-state index in [4.69, 9.17) is 16.0 Å². The van der Waals surface area contributed by atoms with Gasteiger partial charge in [0.1, 0.15) is 5.58 Å². The van der Waals surface area contributed by atoms with Crippen molar-refractivity contribution >= 4 is 34.3 Å².